The highest BCUT2D eigenvalue weighted by Crippen LogP contribution is 2.25. The third-order valence-corrected chi connectivity index (χ3v) is 3.63. The molecule has 4 heteroatoms. The molecule has 0 spiro atoms. The number of halogens is 3. The highest BCUT2D eigenvalue weighted by Gasteiger charge is 2.19. The molecule has 0 amide bonds. The third kappa shape index (κ3) is 2.59. The van der Waals surface area contributed by atoms with E-state index in [4.69, 9.17) is 11.6 Å². The standard InChI is InChI=1S/C16H13ClF2O/c1-8-4-11(13(17)6-9(8)2)16(20)12-5-10(3)14(18)7-15(12)19/h4-7H,1-3H3. The first-order valence-corrected chi connectivity index (χ1v) is 6.46. The molecule has 0 unspecified atom stereocenters. The molecule has 104 valence electrons. The van der Waals surface area contributed by atoms with E-state index >= 15 is 0 Å². The van der Waals surface area contributed by atoms with Crippen LogP contribution in [0, 0.1) is 32.4 Å². The molecule has 0 heterocycles. The summed E-state index contributed by atoms with van der Waals surface area (Å²) in [4.78, 5) is 12.4. The van der Waals surface area contributed by atoms with Crippen LogP contribution < -0.4 is 0 Å². The Bertz CT molecular complexity index is 649. The fourth-order valence-corrected chi connectivity index (χ4v) is 2.24. The van der Waals surface area contributed by atoms with Crippen LogP contribution in [0.5, 0.6) is 0 Å². The highest BCUT2D eigenvalue weighted by molar-refractivity contribution is 6.35. The summed E-state index contributed by atoms with van der Waals surface area (Å²) < 4.78 is 27.0. The predicted octanol–water partition coefficient (Wildman–Crippen LogP) is 4.77. The number of carbonyl (C=O) groups is 1. The summed E-state index contributed by atoms with van der Waals surface area (Å²) in [7, 11) is 0. The van der Waals surface area contributed by atoms with Crippen LogP contribution in [0.3, 0.4) is 0 Å². The van der Waals surface area contributed by atoms with Crippen LogP contribution in [0.25, 0.3) is 0 Å². The Hall–Kier alpha value is -1.74. The number of hydrogen-bond acceptors (Lipinski definition) is 1. The summed E-state index contributed by atoms with van der Waals surface area (Å²) in [6.45, 7) is 5.19. The molecule has 1 nitrogen and oxygen atoms in total. The number of ketones is 1. The van der Waals surface area contributed by atoms with Crippen molar-refractivity contribution in [1.29, 1.82) is 0 Å². The van der Waals surface area contributed by atoms with Gasteiger partial charge in [-0.25, -0.2) is 8.78 Å². The summed E-state index contributed by atoms with van der Waals surface area (Å²) in [5.74, 6) is -2.10. The third-order valence-electron chi connectivity index (χ3n) is 3.32. The van der Waals surface area contributed by atoms with Crippen LogP contribution >= 0.6 is 11.6 Å². The van der Waals surface area contributed by atoms with Crippen LogP contribution in [0.15, 0.2) is 24.3 Å². The molecule has 0 aliphatic carbocycles. The van der Waals surface area contributed by atoms with Gasteiger partial charge in [0.1, 0.15) is 11.6 Å². The molecular formula is C16H13ClF2O. The van der Waals surface area contributed by atoms with Gasteiger partial charge in [0.25, 0.3) is 0 Å². The SMILES string of the molecule is Cc1cc(Cl)c(C(=O)c2cc(C)c(F)cc2F)cc1C. The van der Waals surface area contributed by atoms with E-state index in [9.17, 15) is 13.6 Å². The lowest BCUT2D eigenvalue weighted by atomic mass is 9.97. The summed E-state index contributed by atoms with van der Waals surface area (Å²) in [6.07, 6.45) is 0. The maximum Gasteiger partial charge on any atom is 0.197 e. The van der Waals surface area contributed by atoms with Gasteiger partial charge in [-0.3, -0.25) is 4.79 Å². The van der Waals surface area contributed by atoms with Gasteiger partial charge in [-0.05, 0) is 55.7 Å². The smallest absolute Gasteiger partial charge is 0.197 e. The van der Waals surface area contributed by atoms with Crippen LogP contribution in [0.1, 0.15) is 32.6 Å². The van der Waals surface area contributed by atoms with E-state index in [1.165, 1.54) is 13.0 Å². The van der Waals surface area contributed by atoms with E-state index in [0.717, 1.165) is 17.2 Å². The number of carbonyl (C=O) groups excluding carboxylic acids is 1. The Morgan fingerprint density at radius 1 is 0.850 bits per heavy atom. The van der Waals surface area contributed by atoms with Crippen LogP contribution in [0.2, 0.25) is 5.02 Å². The van der Waals surface area contributed by atoms with E-state index < -0.39 is 17.4 Å². The monoisotopic (exact) mass is 294 g/mol. The summed E-state index contributed by atoms with van der Waals surface area (Å²) in [5, 5.41) is 0.263. The maximum atomic E-state index is 13.8. The maximum absolute atomic E-state index is 13.8. The van der Waals surface area contributed by atoms with Crippen molar-refractivity contribution in [2.24, 2.45) is 0 Å². The molecule has 0 fully saturated rings. The minimum absolute atomic E-state index is 0.172. The topological polar surface area (TPSA) is 17.1 Å². The largest absolute Gasteiger partial charge is 0.288 e. The molecular weight excluding hydrogens is 282 g/mol. The highest BCUT2D eigenvalue weighted by atomic mass is 35.5. The molecule has 0 aliphatic heterocycles. The van der Waals surface area contributed by atoms with Crippen molar-refractivity contribution in [2.45, 2.75) is 20.8 Å². The Labute approximate surface area is 121 Å². The van der Waals surface area contributed by atoms with Gasteiger partial charge in [0.15, 0.2) is 5.78 Å². The molecule has 2 aromatic carbocycles. The van der Waals surface area contributed by atoms with Gasteiger partial charge >= 0.3 is 0 Å². The Balaban J connectivity index is 2.57. The zero-order valence-electron chi connectivity index (χ0n) is 11.4. The van der Waals surface area contributed by atoms with Crippen molar-refractivity contribution in [3.05, 3.63) is 68.7 Å². The zero-order chi connectivity index (χ0) is 15.0. The number of aryl methyl sites for hydroxylation is 3. The van der Waals surface area contributed by atoms with Gasteiger partial charge in [0.2, 0.25) is 0 Å². The van der Waals surface area contributed by atoms with E-state index in [-0.39, 0.29) is 21.7 Å². The van der Waals surface area contributed by atoms with Crippen molar-refractivity contribution in [3.8, 4) is 0 Å². The van der Waals surface area contributed by atoms with Gasteiger partial charge in [-0.1, -0.05) is 11.6 Å². The lowest BCUT2D eigenvalue weighted by Crippen LogP contribution is -2.07. The molecule has 0 N–H and O–H groups in total. The minimum Gasteiger partial charge on any atom is -0.288 e. The molecule has 0 atom stereocenters. The quantitative estimate of drug-likeness (QED) is 0.729. The number of benzene rings is 2. The first-order valence-electron chi connectivity index (χ1n) is 6.08. The minimum atomic E-state index is -0.882. The molecule has 0 bridgehead atoms. The van der Waals surface area contributed by atoms with E-state index in [1.807, 2.05) is 13.8 Å². The molecule has 0 saturated heterocycles. The van der Waals surface area contributed by atoms with E-state index in [0.29, 0.717) is 0 Å². The first-order chi connectivity index (χ1) is 9.31. The molecule has 2 aromatic rings. The Kier molecular flexibility index (Phi) is 3.91. The lowest BCUT2D eigenvalue weighted by molar-refractivity contribution is 0.103. The van der Waals surface area contributed by atoms with E-state index in [2.05, 4.69) is 0 Å². The van der Waals surface area contributed by atoms with Crippen molar-refractivity contribution in [2.75, 3.05) is 0 Å². The number of hydrogen-bond donors (Lipinski definition) is 0. The second-order valence-electron chi connectivity index (χ2n) is 4.83. The molecule has 0 aliphatic rings. The zero-order valence-corrected chi connectivity index (χ0v) is 12.1. The average molecular weight is 295 g/mol. The summed E-state index contributed by atoms with van der Waals surface area (Å²) in [6, 6.07) is 5.21. The fraction of sp³-hybridized carbons (Fsp3) is 0.188. The second kappa shape index (κ2) is 5.33. The first kappa shape index (κ1) is 14.7. The molecule has 0 saturated carbocycles. The molecule has 0 aromatic heterocycles. The van der Waals surface area contributed by atoms with Crippen molar-refractivity contribution in [1.82, 2.24) is 0 Å². The van der Waals surface area contributed by atoms with Gasteiger partial charge in [0, 0.05) is 11.6 Å². The fourth-order valence-electron chi connectivity index (χ4n) is 1.93. The van der Waals surface area contributed by atoms with Gasteiger partial charge in [0.05, 0.1) is 10.6 Å². The van der Waals surface area contributed by atoms with Crippen LogP contribution in [0.4, 0.5) is 8.78 Å². The summed E-state index contributed by atoms with van der Waals surface area (Å²) in [5.41, 5.74) is 2.10. The Morgan fingerprint density at radius 3 is 2.05 bits per heavy atom. The predicted molar refractivity (Wildman–Crippen MR) is 75.5 cm³/mol. The van der Waals surface area contributed by atoms with Crippen LogP contribution in [-0.4, -0.2) is 5.78 Å². The lowest BCUT2D eigenvalue weighted by Gasteiger charge is -2.09. The Morgan fingerprint density at radius 2 is 1.40 bits per heavy atom. The van der Waals surface area contributed by atoms with Crippen LogP contribution in [-0.2, 0) is 0 Å². The van der Waals surface area contributed by atoms with Crippen molar-refractivity contribution >= 4 is 17.4 Å². The van der Waals surface area contributed by atoms with Gasteiger partial charge in [-0.15, -0.1) is 0 Å². The molecule has 2 rings (SSSR count). The van der Waals surface area contributed by atoms with Gasteiger partial charge < -0.3 is 0 Å². The van der Waals surface area contributed by atoms with E-state index in [1.54, 1.807) is 12.1 Å². The van der Waals surface area contributed by atoms with Crippen molar-refractivity contribution < 1.29 is 13.6 Å². The second-order valence-corrected chi connectivity index (χ2v) is 5.23. The molecule has 20 heavy (non-hydrogen) atoms. The van der Waals surface area contributed by atoms with Gasteiger partial charge in [-0.2, -0.15) is 0 Å². The molecule has 0 radical (unpaired) electrons. The number of rotatable bonds is 2. The average Bonchev–Trinajstić information content (AvgIpc) is 2.37. The normalized spacial score (nSPS) is 10.7. The van der Waals surface area contributed by atoms with Crippen molar-refractivity contribution in [3.63, 3.8) is 0 Å². The summed E-state index contributed by atoms with van der Waals surface area (Å²) >= 11 is 6.05.